The number of pyridine rings is 1. The molecular formula is C15H12FN3O2. The van der Waals surface area contributed by atoms with Gasteiger partial charge in [0.15, 0.2) is 0 Å². The van der Waals surface area contributed by atoms with Crippen LogP contribution in [-0.4, -0.2) is 21.6 Å². The summed E-state index contributed by atoms with van der Waals surface area (Å²) in [5.74, 6) is 0.417. The van der Waals surface area contributed by atoms with E-state index in [0.717, 1.165) is 11.1 Å². The number of nitrogens with one attached hydrogen (secondary N) is 1. The number of halogens is 1. The summed E-state index contributed by atoms with van der Waals surface area (Å²) >= 11 is 0. The number of aromatic amines is 1. The van der Waals surface area contributed by atoms with E-state index in [4.69, 9.17) is 4.74 Å². The van der Waals surface area contributed by atoms with Gasteiger partial charge in [-0.1, -0.05) is 0 Å². The number of benzene rings is 1. The molecule has 0 aliphatic rings. The number of alkyl halides is 1. The van der Waals surface area contributed by atoms with Crippen LogP contribution in [0.1, 0.15) is 0 Å². The monoisotopic (exact) mass is 285 g/mol. The van der Waals surface area contributed by atoms with E-state index in [0.29, 0.717) is 11.4 Å². The molecule has 5 nitrogen and oxygen atoms in total. The van der Waals surface area contributed by atoms with Crippen molar-refractivity contribution in [1.82, 2.24) is 14.8 Å². The van der Waals surface area contributed by atoms with Crippen LogP contribution in [-0.2, 0) is 0 Å². The maximum Gasteiger partial charge on any atom is 0.255 e. The molecular weight excluding hydrogens is 273 g/mol. The SMILES string of the molecule is O=c1ccc(-c2cn[nH]c2)cn1-c1ccc(OCF)cc1. The molecule has 1 aromatic carbocycles. The second-order valence-corrected chi connectivity index (χ2v) is 4.36. The smallest absolute Gasteiger partial charge is 0.255 e. The summed E-state index contributed by atoms with van der Waals surface area (Å²) in [7, 11) is 0. The van der Waals surface area contributed by atoms with Gasteiger partial charge in [-0.25, -0.2) is 4.39 Å². The van der Waals surface area contributed by atoms with E-state index in [1.54, 1.807) is 48.9 Å². The summed E-state index contributed by atoms with van der Waals surface area (Å²) in [6, 6.07) is 9.87. The Morgan fingerprint density at radius 1 is 1.14 bits per heavy atom. The molecule has 0 saturated heterocycles. The minimum Gasteiger partial charge on any atom is -0.463 e. The molecule has 2 aromatic heterocycles. The predicted octanol–water partition coefficient (Wildman–Crippen LogP) is 2.53. The molecule has 6 heteroatoms. The summed E-state index contributed by atoms with van der Waals surface area (Å²) in [6.45, 7) is -0.880. The minimum absolute atomic E-state index is 0.151. The highest BCUT2D eigenvalue weighted by Crippen LogP contribution is 2.19. The van der Waals surface area contributed by atoms with Crippen LogP contribution >= 0.6 is 0 Å². The Bertz CT molecular complexity index is 779. The zero-order valence-electron chi connectivity index (χ0n) is 11.0. The van der Waals surface area contributed by atoms with Gasteiger partial charge in [0, 0.05) is 35.3 Å². The fourth-order valence-electron chi connectivity index (χ4n) is 2.03. The van der Waals surface area contributed by atoms with Gasteiger partial charge >= 0.3 is 0 Å². The number of nitrogens with zero attached hydrogens (tertiary/aromatic N) is 2. The maximum absolute atomic E-state index is 12.1. The van der Waals surface area contributed by atoms with E-state index in [1.807, 2.05) is 0 Å². The van der Waals surface area contributed by atoms with Crippen LogP contribution in [0, 0.1) is 0 Å². The van der Waals surface area contributed by atoms with Crippen LogP contribution in [0.4, 0.5) is 4.39 Å². The summed E-state index contributed by atoms with van der Waals surface area (Å²) < 4.78 is 18.3. The highest BCUT2D eigenvalue weighted by molar-refractivity contribution is 5.60. The predicted molar refractivity (Wildman–Crippen MR) is 76.2 cm³/mol. The first-order valence-electron chi connectivity index (χ1n) is 6.29. The Hall–Kier alpha value is -2.89. The van der Waals surface area contributed by atoms with Crippen LogP contribution in [0.3, 0.4) is 0 Å². The van der Waals surface area contributed by atoms with Gasteiger partial charge in [0.1, 0.15) is 5.75 Å². The van der Waals surface area contributed by atoms with Crippen molar-refractivity contribution in [3.05, 3.63) is 65.3 Å². The lowest BCUT2D eigenvalue weighted by Crippen LogP contribution is -2.16. The average molecular weight is 285 g/mol. The Balaban J connectivity index is 2.01. The molecule has 0 amide bonds. The number of hydrogen-bond donors (Lipinski definition) is 1. The normalized spacial score (nSPS) is 10.5. The zero-order chi connectivity index (χ0) is 14.7. The van der Waals surface area contributed by atoms with E-state index in [9.17, 15) is 9.18 Å². The molecule has 0 radical (unpaired) electrons. The third-order valence-corrected chi connectivity index (χ3v) is 3.08. The van der Waals surface area contributed by atoms with Crippen molar-refractivity contribution in [2.24, 2.45) is 0 Å². The molecule has 0 atom stereocenters. The fourth-order valence-corrected chi connectivity index (χ4v) is 2.03. The van der Waals surface area contributed by atoms with E-state index in [1.165, 1.54) is 10.6 Å². The number of hydrogen-bond acceptors (Lipinski definition) is 3. The van der Waals surface area contributed by atoms with E-state index in [-0.39, 0.29) is 5.56 Å². The van der Waals surface area contributed by atoms with Crippen LogP contribution in [0.5, 0.6) is 5.75 Å². The van der Waals surface area contributed by atoms with Crippen molar-refractivity contribution < 1.29 is 9.13 Å². The molecule has 1 N–H and O–H groups in total. The first-order valence-corrected chi connectivity index (χ1v) is 6.29. The molecule has 2 heterocycles. The quantitative estimate of drug-likeness (QED) is 0.801. The minimum atomic E-state index is -0.880. The van der Waals surface area contributed by atoms with Crippen molar-refractivity contribution in [1.29, 1.82) is 0 Å². The molecule has 0 aliphatic heterocycles. The molecule has 0 bridgehead atoms. The molecule has 106 valence electrons. The van der Waals surface area contributed by atoms with Crippen LogP contribution in [0.15, 0.2) is 59.8 Å². The lowest BCUT2D eigenvalue weighted by molar-refractivity contribution is 0.192. The first kappa shape index (κ1) is 13.1. The Kier molecular flexibility index (Phi) is 3.51. The van der Waals surface area contributed by atoms with Crippen molar-refractivity contribution in [3.63, 3.8) is 0 Å². The van der Waals surface area contributed by atoms with Gasteiger partial charge in [-0.2, -0.15) is 5.10 Å². The molecule has 0 unspecified atom stereocenters. The third kappa shape index (κ3) is 2.69. The fraction of sp³-hybridized carbons (Fsp3) is 0.0667. The van der Waals surface area contributed by atoms with Gasteiger partial charge in [0.2, 0.25) is 6.86 Å². The maximum atomic E-state index is 12.1. The Labute approximate surface area is 119 Å². The highest BCUT2D eigenvalue weighted by atomic mass is 19.1. The van der Waals surface area contributed by atoms with Crippen molar-refractivity contribution >= 4 is 0 Å². The van der Waals surface area contributed by atoms with Gasteiger partial charge < -0.3 is 4.74 Å². The number of H-pyrrole nitrogens is 1. The molecule has 3 rings (SSSR count). The topological polar surface area (TPSA) is 59.9 Å². The third-order valence-electron chi connectivity index (χ3n) is 3.08. The second kappa shape index (κ2) is 5.62. The van der Waals surface area contributed by atoms with Crippen LogP contribution in [0.2, 0.25) is 0 Å². The summed E-state index contributed by atoms with van der Waals surface area (Å²) in [4.78, 5) is 12.0. The first-order chi connectivity index (χ1) is 10.3. The van der Waals surface area contributed by atoms with Gasteiger partial charge in [-0.15, -0.1) is 0 Å². The molecule has 3 aromatic rings. The molecule has 0 spiro atoms. The van der Waals surface area contributed by atoms with Crippen molar-refractivity contribution in [3.8, 4) is 22.6 Å². The lowest BCUT2D eigenvalue weighted by Gasteiger charge is -2.08. The summed E-state index contributed by atoms with van der Waals surface area (Å²) in [6.07, 6.45) is 5.17. The number of rotatable bonds is 4. The lowest BCUT2D eigenvalue weighted by atomic mass is 10.1. The van der Waals surface area contributed by atoms with Gasteiger partial charge in [-0.3, -0.25) is 14.5 Å². The van der Waals surface area contributed by atoms with Gasteiger partial charge in [-0.05, 0) is 30.3 Å². The van der Waals surface area contributed by atoms with Crippen LogP contribution < -0.4 is 10.3 Å². The zero-order valence-corrected chi connectivity index (χ0v) is 11.0. The van der Waals surface area contributed by atoms with Gasteiger partial charge in [0.25, 0.3) is 5.56 Å². The van der Waals surface area contributed by atoms with Crippen molar-refractivity contribution in [2.75, 3.05) is 6.86 Å². The summed E-state index contributed by atoms with van der Waals surface area (Å²) in [5, 5.41) is 6.63. The molecule has 0 fully saturated rings. The van der Waals surface area contributed by atoms with E-state index < -0.39 is 6.86 Å². The highest BCUT2D eigenvalue weighted by Gasteiger charge is 2.04. The number of aromatic nitrogens is 3. The van der Waals surface area contributed by atoms with Crippen LogP contribution in [0.25, 0.3) is 16.8 Å². The largest absolute Gasteiger partial charge is 0.463 e. The standard InChI is InChI=1S/C15H12FN3O2/c16-10-21-14-4-2-13(3-5-14)19-9-11(1-6-15(19)20)12-7-17-18-8-12/h1-9H,10H2,(H,17,18). The Morgan fingerprint density at radius 3 is 2.62 bits per heavy atom. The summed E-state index contributed by atoms with van der Waals surface area (Å²) in [5.41, 5.74) is 2.28. The van der Waals surface area contributed by atoms with E-state index in [2.05, 4.69) is 10.2 Å². The molecule has 0 saturated carbocycles. The van der Waals surface area contributed by atoms with Crippen molar-refractivity contribution in [2.45, 2.75) is 0 Å². The second-order valence-electron chi connectivity index (χ2n) is 4.36. The van der Waals surface area contributed by atoms with E-state index >= 15 is 0 Å². The average Bonchev–Trinajstić information content (AvgIpc) is 3.03. The molecule has 0 aliphatic carbocycles. The van der Waals surface area contributed by atoms with Gasteiger partial charge in [0.05, 0.1) is 6.20 Å². The molecule has 21 heavy (non-hydrogen) atoms. The Morgan fingerprint density at radius 2 is 1.95 bits per heavy atom. The number of ether oxygens (including phenoxy) is 1.